The van der Waals surface area contributed by atoms with Crippen molar-refractivity contribution in [1.29, 1.82) is 0 Å². The van der Waals surface area contributed by atoms with Gasteiger partial charge in [-0.25, -0.2) is 23.1 Å². The predicted molar refractivity (Wildman–Crippen MR) is 150 cm³/mol. The molecule has 2 aromatic carbocycles. The molecule has 1 aromatic heterocycles. The molecule has 6 rings (SSSR count). The number of hydrogen-bond donors (Lipinski definition) is 2. The summed E-state index contributed by atoms with van der Waals surface area (Å²) in [5, 5.41) is 15.9. The second-order valence-electron chi connectivity index (χ2n) is 11.5. The van der Waals surface area contributed by atoms with Crippen molar-refractivity contribution in [2.75, 3.05) is 38.2 Å². The maximum atomic E-state index is 15.0. The zero-order chi connectivity index (χ0) is 29.6. The third-order valence-electron chi connectivity index (χ3n) is 8.85. The molecule has 0 spiro atoms. The first-order valence-electron chi connectivity index (χ1n) is 14.6. The van der Waals surface area contributed by atoms with Crippen LogP contribution in [0.2, 0.25) is 0 Å². The lowest BCUT2D eigenvalue weighted by atomic mass is 9.74. The van der Waals surface area contributed by atoms with Gasteiger partial charge in [-0.1, -0.05) is 18.2 Å². The van der Waals surface area contributed by atoms with E-state index < -0.39 is 29.4 Å². The minimum atomic E-state index is -2.93. The molecule has 1 saturated carbocycles. The molecule has 0 radical (unpaired) electrons. The molecule has 1 aliphatic carbocycles. The normalized spacial score (nSPS) is 23.1. The van der Waals surface area contributed by atoms with Gasteiger partial charge in [-0.15, -0.1) is 0 Å². The SMILES string of the molecule is Cc1nc(N[C@H](C)c2cccc(C(F)F)c2F)c2cc([C@]3(O)CC[C@@H](C(=O)N4CCOCC4)CC3)c3c(c2n1)CCO3. The third-order valence-corrected chi connectivity index (χ3v) is 8.85. The maximum absolute atomic E-state index is 15.0. The van der Waals surface area contributed by atoms with E-state index in [0.29, 0.717) is 98.9 Å². The van der Waals surface area contributed by atoms with Crippen molar-refractivity contribution in [3.8, 4) is 5.75 Å². The molecule has 3 aliphatic rings. The van der Waals surface area contributed by atoms with Crippen molar-refractivity contribution in [2.45, 2.75) is 64.0 Å². The minimum absolute atomic E-state index is 0.101. The Morgan fingerprint density at radius 1 is 1.14 bits per heavy atom. The number of halogens is 3. The van der Waals surface area contributed by atoms with Gasteiger partial charge in [0, 0.05) is 47.5 Å². The van der Waals surface area contributed by atoms with E-state index in [4.69, 9.17) is 14.5 Å². The van der Waals surface area contributed by atoms with E-state index in [-0.39, 0.29) is 17.4 Å². The Bertz CT molecular complexity index is 1500. The topological polar surface area (TPSA) is 96.8 Å². The Labute approximate surface area is 242 Å². The number of aliphatic hydroxyl groups is 1. The van der Waals surface area contributed by atoms with Crippen molar-refractivity contribution in [1.82, 2.24) is 14.9 Å². The summed E-state index contributed by atoms with van der Waals surface area (Å²) in [6, 6.07) is 5.13. The van der Waals surface area contributed by atoms with E-state index in [1.807, 2.05) is 11.0 Å². The molecule has 2 fully saturated rings. The maximum Gasteiger partial charge on any atom is 0.266 e. The molecular weight excluding hydrogens is 549 g/mol. The highest BCUT2D eigenvalue weighted by atomic mass is 19.3. The van der Waals surface area contributed by atoms with Crippen LogP contribution in [0.5, 0.6) is 5.75 Å². The second-order valence-corrected chi connectivity index (χ2v) is 11.5. The summed E-state index contributed by atoms with van der Waals surface area (Å²) in [4.78, 5) is 24.3. The monoisotopic (exact) mass is 584 g/mol. The molecule has 1 amide bonds. The standard InChI is InChI=1S/C31H35F3N4O4/c1-17(20-4-3-5-21(25(20)32)28(33)34)35-29-23-16-24(27-22(8-13-42-27)26(23)36-18(2)37-29)31(40)9-6-19(7-10-31)30(39)38-11-14-41-15-12-38/h3-5,16-17,19,28,40H,6-15H2,1-2H3,(H,35,36,37)/t17-,19-,31+/m1/s1. The van der Waals surface area contributed by atoms with E-state index >= 15 is 0 Å². The van der Waals surface area contributed by atoms with Gasteiger partial charge in [0.05, 0.1) is 42.5 Å². The van der Waals surface area contributed by atoms with Gasteiger partial charge in [-0.2, -0.15) is 0 Å². The van der Waals surface area contributed by atoms with Crippen LogP contribution in [-0.4, -0.2) is 58.8 Å². The number of nitrogens with one attached hydrogen (secondary N) is 1. The number of aromatic nitrogens is 2. The summed E-state index contributed by atoms with van der Waals surface area (Å²) in [6.07, 6.45) is -0.439. The average Bonchev–Trinajstić information content (AvgIpc) is 3.47. The first kappa shape index (κ1) is 28.7. The van der Waals surface area contributed by atoms with Crippen LogP contribution in [-0.2, 0) is 21.6 Å². The summed E-state index contributed by atoms with van der Waals surface area (Å²) in [7, 11) is 0. The Morgan fingerprint density at radius 3 is 2.57 bits per heavy atom. The Morgan fingerprint density at radius 2 is 1.86 bits per heavy atom. The zero-order valence-corrected chi connectivity index (χ0v) is 23.8. The number of anilines is 1. The molecular formula is C31H35F3N4O4. The Hall–Kier alpha value is -3.44. The van der Waals surface area contributed by atoms with Gasteiger partial charge in [0.15, 0.2) is 0 Å². The quantitative estimate of drug-likeness (QED) is 0.403. The molecule has 1 atom stereocenters. The third kappa shape index (κ3) is 5.17. The summed E-state index contributed by atoms with van der Waals surface area (Å²) in [5.41, 5.74) is 0.421. The number of amides is 1. The highest BCUT2D eigenvalue weighted by Crippen LogP contribution is 2.48. The Kier molecular flexibility index (Phi) is 7.74. The van der Waals surface area contributed by atoms with E-state index in [9.17, 15) is 23.1 Å². The lowest BCUT2D eigenvalue weighted by Crippen LogP contribution is -2.45. The van der Waals surface area contributed by atoms with Gasteiger partial charge in [0.1, 0.15) is 23.2 Å². The van der Waals surface area contributed by atoms with Crippen LogP contribution < -0.4 is 10.1 Å². The highest BCUT2D eigenvalue weighted by Gasteiger charge is 2.42. The molecule has 3 aromatic rings. The first-order chi connectivity index (χ1) is 20.2. The van der Waals surface area contributed by atoms with Crippen LogP contribution in [0.3, 0.4) is 0 Å². The van der Waals surface area contributed by atoms with E-state index in [1.54, 1.807) is 13.8 Å². The molecule has 0 unspecified atom stereocenters. The number of nitrogens with zero attached hydrogens (tertiary/aromatic N) is 3. The fourth-order valence-electron chi connectivity index (χ4n) is 6.54. The molecule has 42 heavy (non-hydrogen) atoms. The van der Waals surface area contributed by atoms with Gasteiger partial charge >= 0.3 is 0 Å². The molecule has 2 aliphatic heterocycles. The van der Waals surface area contributed by atoms with Gasteiger partial charge in [0.25, 0.3) is 6.43 Å². The van der Waals surface area contributed by atoms with Crippen LogP contribution in [0.4, 0.5) is 19.0 Å². The molecule has 2 N–H and O–H groups in total. The minimum Gasteiger partial charge on any atom is -0.492 e. The predicted octanol–water partition coefficient (Wildman–Crippen LogP) is 5.36. The highest BCUT2D eigenvalue weighted by molar-refractivity contribution is 5.94. The summed E-state index contributed by atoms with van der Waals surface area (Å²) in [5.74, 6) is 0.545. The Balaban J connectivity index is 1.33. The van der Waals surface area contributed by atoms with Crippen molar-refractivity contribution >= 4 is 22.6 Å². The molecule has 0 bridgehead atoms. The number of hydrogen-bond acceptors (Lipinski definition) is 7. The zero-order valence-electron chi connectivity index (χ0n) is 23.8. The van der Waals surface area contributed by atoms with Gasteiger partial charge in [0.2, 0.25) is 5.91 Å². The van der Waals surface area contributed by atoms with Crippen molar-refractivity contribution in [3.63, 3.8) is 0 Å². The first-order valence-corrected chi connectivity index (χ1v) is 14.6. The van der Waals surface area contributed by atoms with Crippen LogP contribution in [0, 0.1) is 18.7 Å². The number of benzene rings is 2. The van der Waals surface area contributed by atoms with E-state index in [1.165, 1.54) is 12.1 Å². The van der Waals surface area contributed by atoms with Gasteiger partial charge < -0.3 is 24.8 Å². The van der Waals surface area contributed by atoms with Crippen molar-refractivity contribution in [2.24, 2.45) is 5.92 Å². The number of alkyl halides is 2. The smallest absolute Gasteiger partial charge is 0.266 e. The fourth-order valence-corrected chi connectivity index (χ4v) is 6.54. The number of rotatable bonds is 6. The van der Waals surface area contributed by atoms with Crippen LogP contribution in [0.25, 0.3) is 10.9 Å². The largest absolute Gasteiger partial charge is 0.492 e. The van der Waals surface area contributed by atoms with Crippen LogP contribution in [0.15, 0.2) is 24.3 Å². The second kappa shape index (κ2) is 11.3. The number of aryl methyl sites for hydroxylation is 1. The number of morpholine rings is 1. The van der Waals surface area contributed by atoms with Gasteiger partial charge in [-0.05, 0) is 45.6 Å². The van der Waals surface area contributed by atoms with Crippen LogP contribution >= 0.6 is 0 Å². The van der Waals surface area contributed by atoms with E-state index in [0.717, 1.165) is 11.6 Å². The molecule has 8 nitrogen and oxygen atoms in total. The van der Waals surface area contributed by atoms with Gasteiger partial charge in [-0.3, -0.25) is 4.79 Å². The number of carbonyl (C=O) groups excluding carboxylic acids is 1. The lowest BCUT2D eigenvalue weighted by molar-refractivity contribution is -0.142. The molecule has 1 saturated heterocycles. The fraction of sp³-hybridized carbons (Fsp3) is 0.516. The summed E-state index contributed by atoms with van der Waals surface area (Å²) >= 11 is 0. The number of ether oxygens (including phenoxy) is 2. The summed E-state index contributed by atoms with van der Waals surface area (Å²) in [6.45, 7) is 6.17. The lowest BCUT2D eigenvalue weighted by Gasteiger charge is -2.39. The molecule has 11 heteroatoms. The average molecular weight is 585 g/mol. The number of fused-ring (bicyclic) bond motifs is 3. The van der Waals surface area contributed by atoms with E-state index in [2.05, 4.69) is 10.3 Å². The van der Waals surface area contributed by atoms with Crippen molar-refractivity contribution in [3.05, 3.63) is 58.2 Å². The summed E-state index contributed by atoms with van der Waals surface area (Å²) < 4.78 is 53.1. The molecule has 224 valence electrons. The van der Waals surface area contributed by atoms with Crippen LogP contribution in [0.1, 0.15) is 73.2 Å². The molecule has 3 heterocycles. The number of carbonyl (C=O) groups is 1. The van der Waals surface area contributed by atoms with Crippen molar-refractivity contribution < 1.29 is 32.5 Å².